The van der Waals surface area contributed by atoms with Crippen molar-refractivity contribution in [3.8, 4) is 5.69 Å². The van der Waals surface area contributed by atoms with Crippen molar-refractivity contribution >= 4 is 29.0 Å². The molecule has 7 heteroatoms. The zero-order valence-electron chi connectivity index (χ0n) is 18.6. The van der Waals surface area contributed by atoms with Crippen LogP contribution in [0.3, 0.4) is 0 Å². The lowest BCUT2D eigenvalue weighted by molar-refractivity contribution is -0.146. The summed E-state index contributed by atoms with van der Waals surface area (Å²) in [6.07, 6.45) is 0. The lowest BCUT2D eigenvalue weighted by Gasteiger charge is -2.30. The van der Waals surface area contributed by atoms with E-state index in [0.717, 1.165) is 11.3 Å². The third-order valence-electron chi connectivity index (χ3n) is 5.66. The van der Waals surface area contributed by atoms with Crippen molar-refractivity contribution in [1.82, 2.24) is 9.55 Å². The third-order valence-corrected chi connectivity index (χ3v) is 5.66. The minimum Gasteiger partial charge on any atom is -0.465 e. The van der Waals surface area contributed by atoms with Crippen LogP contribution in [0.4, 0.5) is 17.3 Å². The maximum absolute atomic E-state index is 13.1. The number of esters is 1. The van der Waals surface area contributed by atoms with Gasteiger partial charge in [-0.15, -0.1) is 0 Å². The molecule has 1 aliphatic heterocycles. The molecule has 1 aromatic heterocycles. The van der Waals surface area contributed by atoms with Gasteiger partial charge in [-0.3, -0.25) is 4.79 Å². The van der Waals surface area contributed by atoms with Gasteiger partial charge in [-0.1, -0.05) is 42.8 Å². The molecule has 0 spiro atoms. The molecular weight excluding hydrogens is 404 g/mol. The molecule has 1 aliphatic rings. The molecule has 0 aliphatic carbocycles. The Morgan fingerprint density at radius 1 is 1.09 bits per heavy atom. The molecule has 2 aromatic carbocycles. The molecule has 164 valence electrons. The standard InChI is InChI=1S/C25H26N4O3/c1-5-32-24(30)20-16(3)21-22(27-18-13-11-15(2)12-14-18)28-25(31)29(23(21)26-17(20)4)19-9-7-6-8-10-19/h6-14,16,20H,5H2,1-4H3,(H,27,28,31). The number of hydrogen-bond acceptors (Lipinski definition) is 6. The summed E-state index contributed by atoms with van der Waals surface area (Å²) in [5.74, 6) is -0.289. The van der Waals surface area contributed by atoms with Crippen LogP contribution in [0.25, 0.3) is 5.69 Å². The minimum absolute atomic E-state index is 0.290. The first-order valence-electron chi connectivity index (χ1n) is 10.7. The molecular formula is C25H26N4O3. The van der Waals surface area contributed by atoms with Crippen molar-refractivity contribution in [1.29, 1.82) is 0 Å². The minimum atomic E-state index is -0.551. The molecule has 4 rings (SSSR count). The topological polar surface area (TPSA) is 85.6 Å². The fourth-order valence-corrected chi connectivity index (χ4v) is 4.10. The van der Waals surface area contributed by atoms with E-state index in [9.17, 15) is 9.59 Å². The van der Waals surface area contributed by atoms with Gasteiger partial charge in [0, 0.05) is 22.9 Å². The number of ether oxygens (including phenoxy) is 1. The van der Waals surface area contributed by atoms with E-state index in [0.29, 0.717) is 35.2 Å². The summed E-state index contributed by atoms with van der Waals surface area (Å²) in [5, 5.41) is 3.27. The Balaban J connectivity index is 1.93. The van der Waals surface area contributed by atoms with Crippen molar-refractivity contribution in [2.24, 2.45) is 10.9 Å². The first kappa shape index (κ1) is 21.5. The molecule has 1 N–H and O–H groups in total. The molecule has 2 atom stereocenters. The molecule has 3 aromatic rings. The second-order valence-electron chi connectivity index (χ2n) is 7.91. The number of benzene rings is 2. The van der Waals surface area contributed by atoms with E-state index in [1.807, 2.05) is 68.4 Å². The van der Waals surface area contributed by atoms with E-state index in [1.54, 1.807) is 13.8 Å². The quantitative estimate of drug-likeness (QED) is 0.595. The van der Waals surface area contributed by atoms with E-state index in [4.69, 9.17) is 9.73 Å². The van der Waals surface area contributed by atoms with Crippen molar-refractivity contribution in [3.05, 3.63) is 76.2 Å². The summed E-state index contributed by atoms with van der Waals surface area (Å²) in [4.78, 5) is 35.0. The molecule has 0 fully saturated rings. The van der Waals surface area contributed by atoms with E-state index < -0.39 is 11.6 Å². The van der Waals surface area contributed by atoms with Gasteiger partial charge in [0.1, 0.15) is 17.6 Å². The second kappa shape index (κ2) is 8.78. The number of hydrogen-bond donors (Lipinski definition) is 1. The summed E-state index contributed by atoms with van der Waals surface area (Å²) in [6.45, 7) is 7.83. The first-order chi connectivity index (χ1) is 15.4. The fourth-order valence-electron chi connectivity index (χ4n) is 4.10. The number of anilines is 2. The van der Waals surface area contributed by atoms with Crippen LogP contribution < -0.4 is 11.0 Å². The molecule has 7 nitrogen and oxygen atoms in total. The SMILES string of the molecule is CCOC(=O)C1C(C)=Nc2c(c(Nc3ccc(C)cc3)nc(=O)n2-c2ccccc2)C1C. The highest BCUT2D eigenvalue weighted by atomic mass is 16.5. The van der Waals surface area contributed by atoms with Crippen LogP contribution in [0.5, 0.6) is 0 Å². The summed E-state index contributed by atoms with van der Waals surface area (Å²) < 4.78 is 6.82. The van der Waals surface area contributed by atoms with Gasteiger partial charge in [-0.05, 0) is 45.0 Å². The highest BCUT2D eigenvalue weighted by Crippen LogP contribution is 2.42. The lowest BCUT2D eigenvalue weighted by Crippen LogP contribution is -2.35. The van der Waals surface area contributed by atoms with E-state index in [-0.39, 0.29) is 11.9 Å². The molecule has 0 bridgehead atoms. The Morgan fingerprint density at radius 3 is 2.44 bits per heavy atom. The first-order valence-corrected chi connectivity index (χ1v) is 10.7. The van der Waals surface area contributed by atoms with E-state index in [1.165, 1.54) is 4.57 Å². The van der Waals surface area contributed by atoms with Crippen LogP contribution in [0.1, 0.15) is 37.8 Å². The van der Waals surface area contributed by atoms with Gasteiger partial charge >= 0.3 is 11.7 Å². The maximum atomic E-state index is 13.1. The number of rotatable bonds is 5. The van der Waals surface area contributed by atoms with Gasteiger partial charge in [-0.2, -0.15) is 4.98 Å². The molecule has 0 amide bonds. The largest absolute Gasteiger partial charge is 0.465 e. The Labute approximate surface area is 186 Å². The van der Waals surface area contributed by atoms with Crippen molar-refractivity contribution in [3.63, 3.8) is 0 Å². The smallest absolute Gasteiger partial charge is 0.355 e. The van der Waals surface area contributed by atoms with Crippen LogP contribution in [0, 0.1) is 12.8 Å². The normalized spacial score (nSPS) is 17.3. The van der Waals surface area contributed by atoms with E-state index in [2.05, 4.69) is 10.3 Å². The second-order valence-corrected chi connectivity index (χ2v) is 7.91. The number of fused-ring (bicyclic) bond motifs is 1. The van der Waals surface area contributed by atoms with Crippen LogP contribution >= 0.6 is 0 Å². The number of aromatic nitrogens is 2. The van der Waals surface area contributed by atoms with Gasteiger partial charge in [-0.25, -0.2) is 14.4 Å². The Bertz CT molecular complexity index is 1230. The van der Waals surface area contributed by atoms with Crippen molar-refractivity contribution < 1.29 is 9.53 Å². The molecule has 0 radical (unpaired) electrons. The summed E-state index contributed by atoms with van der Waals surface area (Å²) >= 11 is 0. The van der Waals surface area contributed by atoms with Gasteiger partial charge in [0.15, 0.2) is 0 Å². The van der Waals surface area contributed by atoms with Crippen molar-refractivity contribution in [2.75, 3.05) is 11.9 Å². The summed E-state index contributed by atoms with van der Waals surface area (Å²) in [5.41, 5.74) is 3.47. The Hall–Kier alpha value is -3.74. The maximum Gasteiger partial charge on any atom is 0.355 e. The molecule has 2 heterocycles. The number of aryl methyl sites for hydroxylation is 1. The summed E-state index contributed by atoms with van der Waals surface area (Å²) in [6, 6.07) is 17.1. The lowest BCUT2D eigenvalue weighted by atomic mass is 9.82. The molecule has 2 unspecified atom stereocenters. The van der Waals surface area contributed by atoms with Crippen LogP contribution in [0.15, 0.2) is 64.4 Å². The van der Waals surface area contributed by atoms with Crippen LogP contribution in [-0.2, 0) is 9.53 Å². The monoisotopic (exact) mass is 430 g/mol. The van der Waals surface area contributed by atoms with Gasteiger partial charge < -0.3 is 10.1 Å². The average molecular weight is 431 g/mol. The highest BCUT2D eigenvalue weighted by molar-refractivity contribution is 6.04. The number of para-hydroxylation sites is 1. The van der Waals surface area contributed by atoms with Gasteiger partial charge in [0.25, 0.3) is 0 Å². The zero-order valence-corrected chi connectivity index (χ0v) is 18.6. The van der Waals surface area contributed by atoms with Crippen molar-refractivity contribution in [2.45, 2.75) is 33.6 Å². The number of nitrogens with zero attached hydrogens (tertiary/aromatic N) is 3. The predicted molar refractivity (Wildman–Crippen MR) is 126 cm³/mol. The Morgan fingerprint density at radius 2 is 1.78 bits per heavy atom. The number of carbonyl (C=O) groups is 1. The number of aliphatic imine (C=N–C) groups is 1. The predicted octanol–water partition coefficient (Wildman–Crippen LogP) is 4.67. The molecule has 0 saturated heterocycles. The molecule has 0 saturated carbocycles. The van der Waals surface area contributed by atoms with Crippen LogP contribution in [-0.4, -0.2) is 27.8 Å². The fraction of sp³-hybridized carbons (Fsp3) is 0.280. The van der Waals surface area contributed by atoms with Gasteiger partial charge in [0.05, 0.1) is 12.3 Å². The third kappa shape index (κ3) is 3.93. The summed E-state index contributed by atoms with van der Waals surface area (Å²) in [7, 11) is 0. The average Bonchev–Trinajstić information content (AvgIpc) is 2.76. The Kier molecular flexibility index (Phi) is 5.90. The number of carbonyl (C=O) groups excluding carboxylic acids is 1. The molecule has 32 heavy (non-hydrogen) atoms. The number of nitrogens with one attached hydrogen (secondary N) is 1. The van der Waals surface area contributed by atoms with E-state index >= 15 is 0 Å². The van der Waals surface area contributed by atoms with Gasteiger partial charge in [0.2, 0.25) is 0 Å². The van der Waals surface area contributed by atoms with Crippen LogP contribution in [0.2, 0.25) is 0 Å². The zero-order chi connectivity index (χ0) is 22.8. The highest BCUT2D eigenvalue weighted by Gasteiger charge is 2.38.